The molecule has 0 radical (unpaired) electrons. The molecule has 170 valence electrons. The third-order valence-electron chi connectivity index (χ3n) is 4.38. The summed E-state index contributed by atoms with van der Waals surface area (Å²) >= 11 is 0. The second-order valence-electron chi connectivity index (χ2n) is 6.79. The van der Waals surface area contributed by atoms with E-state index in [2.05, 4.69) is 0 Å². The summed E-state index contributed by atoms with van der Waals surface area (Å²) in [7, 11) is -11.7. The van der Waals surface area contributed by atoms with Gasteiger partial charge in [0.15, 0.2) is 0 Å². The van der Waals surface area contributed by atoms with Crippen molar-refractivity contribution in [1.29, 1.82) is 0 Å². The highest BCUT2D eigenvalue weighted by Gasteiger charge is 2.32. The highest BCUT2D eigenvalue weighted by atomic mass is 32.2. The molecule has 0 aliphatic carbocycles. The van der Waals surface area contributed by atoms with Crippen molar-refractivity contribution in [3.63, 3.8) is 0 Å². The lowest BCUT2D eigenvalue weighted by Gasteiger charge is -2.23. The highest BCUT2D eigenvalue weighted by Crippen LogP contribution is 2.37. The Morgan fingerprint density at radius 2 is 1.19 bits per heavy atom. The first kappa shape index (κ1) is 24.3. The van der Waals surface area contributed by atoms with Crippen molar-refractivity contribution >= 4 is 44.1 Å². The van der Waals surface area contributed by atoms with Gasteiger partial charge < -0.3 is 9.11 Å². The Balaban J connectivity index is 2.33. The summed E-state index contributed by atoms with van der Waals surface area (Å²) in [6.07, 6.45) is -4.66. The molecular weight excluding hydrogens is 488 g/mol. The molecule has 0 saturated heterocycles. The number of hydrogen-bond donors (Lipinski definition) is 0. The zero-order valence-corrected chi connectivity index (χ0v) is 18.7. The lowest BCUT2D eigenvalue weighted by atomic mass is 10.1. The smallest absolute Gasteiger partial charge is 0.416 e. The van der Waals surface area contributed by atoms with Crippen LogP contribution in [0.2, 0.25) is 0 Å². The minimum absolute atomic E-state index is 0.133. The Morgan fingerprint density at radius 1 is 0.719 bits per heavy atom. The van der Waals surface area contributed by atoms with Crippen LogP contribution in [0.3, 0.4) is 0 Å². The molecule has 0 bridgehead atoms. The van der Waals surface area contributed by atoms with Gasteiger partial charge in [0.25, 0.3) is 0 Å². The minimum atomic E-state index is -4.86. The largest absolute Gasteiger partial charge is 0.744 e. The lowest BCUT2D eigenvalue weighted by molar-refractivity contribution is -0.137. The second-order valence-corrected chi connectivity index (χ2v) is 11.8. The van der Waals surface area contributed by atoms with E-state index in [9.17, 15) is 39.1 Å². The van der Waals surface area contributed by atoms with Crippen LogP contribution in [-0.4, -0.2) is 25.9 Å². The SMILES string of the molecule is Cc1cc(P(c2cccc(S(=O)(=O)[O-])c2)c2cccc(S(=O)(=O)[O-])c2)cc(C(F)(F)F)c1. The Bertz CT molecular complexity index is 1310. The van der Waals surface area contributed by atoms with Gasteiger partial charge in [-0.1, -0.05) is 30.3 Å². The molecule has 3 rings (SSSR count). The van der Waals surface area contributed by atoms with Gasteiger partial charge in [-0.2, -0.15) is 13.2 Å². The maximum absolute atomic E-state index is 13.4. The van der Waals surface area contributed by atoms with Gasteiger partial charge in [-0.05, 0) is 72.7 Å². The Hall–Kier alpha value is -2.30. The predicted molar refractivity (Wildman–Crippen MR) is 111 cm³/mol. The van der Waals surface area contributed by atoms with Crippen molar-refractivity contribution in [3.8, 4) is 0 Å². The van der Waals surface area contributed by atoms with Gasteiger partial charge in [-0.25, -0.2) is 16.8 Å². The van der Waals surface area contributed by atoms with Crippen molar-refractivity contribution < 1.29 is 39.1 Å². The van der Waals surface area contributed by atoms with E-state index in [0.29, 0.717) is 0 Å². The third kappa shape index (κ3) is 5.54. The van der Waals surface area contributed by atoms with Gasteiger partial charge in [0.05, 0.1) is 15.4 Å². The Labute approximate surface area is 184 Å². The molecular formula is C20H14F3O6PS2-2. The number of alkyl halides is 3. The number of aryl methyl sites for hydroxylation is 1. The summed E-state index contributed by atoms with van der Waals surface area (Å²) in [6.45, 7) is 1.45. The lowest BCUT2D eigenvalue weighted by Crippen LogP contribution is -2.23. The normalized spacial score (nSPS) is 12.8. The number of halogens is 3. The van der Waals surface area contributed by atoms with Crippen LogP contribution in [0.25, 0.3) is 0 Å². The third-order valence-corrected chi connectivity index (χ3v) is 8.40. The van der Waals surface area contributed by atoms with Crippen LogP contribution < -0.4 is 15.9 Å². The molecule has 0 amide bonds. The molecule has 0 aliphatic rings. The molecule has 0 fully saturated rings. The van der Waals surface area contributed by atoms with Crippen LogP contribution in [0.4, 0.5) is 13.2 Å². The summed E-state index contributed by atoms with van der Waals surface area (Å²) in [5.41, 5.74) is -0.678. The Morgan fingerprint density at radius 3 is 1.59 bits per heavy atom. The molecule has 0 atom stereocenters. The quantitative estimate of drug-likeness (QED) is 0.391. The second kappa shape index (κ2) is 8.57. The maximum Gasteiger partial charge on any atom is 0.416 e. The van der Waals surface area contributed by atoms with E-state index >= 15 is 0 Å². The van der Waals surface area contributed by atoms with E-state index in [4.69, 9.17) is 0 Å². The summed E-state index contributed by atoms with van der Waals surface area (Å²) in [6, 6.07) is 12.9. The number of hydrogen-bond acceptors (Lipinski definition) is 6. The first-order valence-electron chi connectivity index (χ1n) is 8.77. The highest BCUT2D eigenvalue weighted by molar-refractivity contribution is 7.86. The fraction of sp³-hybridized carbons (Fsp3) is 0.100. The molecule has 0 heterocycles. The van der Waals surface area contributed by atoms with Crippen LogP contribution >= 0.6 is 7.92 Å². The summed E-state index contributed by atoms with van der Waals surface area (Å²) < 4.78 is 109. The fourth-order valence-corrected chi connectivity index (χ4v) is 6.77. The van der Waals surface area contributed by atoms with E-state index in [1.165, 1.54) is 37.3 Å². The molecule has 6 nitrogen and oxygen atoms in total. The van der Waals surface area contributed by atoms with Crippen molar-refractivity contribution in [2.75, 3.05) is 0 Å². The fourth-order valence-electron chi connectivity index (χ4n) is 3.06. The van der Waals surface area contributed by atoms with E-state index < -0.39 is 49.7 Å². The van der Waals surface area contributed by atoms with Crippen LogP contribution in [0.5, 0.6) is 0 Å². The van der Waals surface area contributed by atoms with Gasteiger partial charge >= 0.3 is 6.18 Å². The standard InChI is InChI=1S/C20H16F3O6PS2/c1-13-8-14(20(21,22)23)10-17(9-13)30(15-4-2-6-18(11-15)31(24,25)26)16-5-3-7-19(12-16)32(27,28)29/h2-12H,1H3,(H,24,25,26)(H,27,28,29)/p-2. The van der Waals surface area contributed by atoms with Crippen molar-refractivity contribution in [1.82, 2.24) is 0 Å². The molecule has 0 saturated carbocycles. The van der Waals surface area contributed by atoms with Gasteiger partial charge in [-0.15, -0.1) is 0 Å². The molecule has 0 N–H and O–H groups in total. The van der Waals surface area contributed by atoms with Gasteiger partial charge in [0, 0.05) is 0 Å². The topological polar surface area (TPSA) is 114 Å². The molecule has 0 aromatic heterocycles. The van der Waals surface area contributed by atoms with E-state index in [1.54, 1.807) is 0 Å². The predicted octanol–water partition coefficient (Wildman–Crippen LogP) is 2.58. The molecule has 0 aliphatic heterocycles. The average Bonchev–Trinajstić information content (AvgIpc) is 2.66. The van der Waals surface area contributed by atoms with Gasteiger partial charge in [-0.3, -0.25) is 0 Å². The van der Waals surface area contributed by atoms with Gasteiger partial charge in [0.2, 0.25) is 0 Å². The molecule has 32 heavy (non-hydrogen) atoms. The van der Waals surface area contributed by atoms with Crippen LogP contribution in [0.15, 0.2) is 76.5 Å². The van der Waals surface area contributed by atoms with Crippen LogP contribution in [0, 0.1) is 6.92 Å². The van der Waals surface area contributed by atoms with Gasteiger partial charge in [0.1, 0.15) is 20.2 Å². The number of benzene rings is 3. The first-order valence-corrected chi connectivity index (χ1v) is 12.9. The van der Waals surface area contributed by atoms with Crippen molar-refractivity contribution in [2.24, 2.45) is 0 Å². The molecule has 3 aromatic rings. The molecule has 0 unspecified atom stereocenters. The zero-order chi connectivity index (χ0) is 23.9. The van der Waals surface area contributed by atoms with Crippen LogP contribution in [0.1, 0.15) is 11.1 Å². The minimum Gasteiger partial charge on any atom is -0.744 e. The summed E-state index contributed by atoms with van der Waals surface area (Å²) in [5.74, 6) is 0. The zero-order valence-electron chi connectivity index (χ0n) is 16.2. The summed E-state index contributed by atoms with van der Waals surface area (Å²) in [5, 5.41) is 0.514. The first-order chi connectivity index (χ1) is 14.7. The molecule has 12 heteroatoms. The monoisotopic (exact) mass is 502 g/mol. The number of rotatable bonds is 5. The van der Waals surface area contributed by atoms with Crippen LogP contribution in [-0.2, 0) is 26.4 Å². The maximum atomic E-state index is 13.4. The average molecular weight is 502 g/mol. The van der Waals surface area contributed by atoms with Crippen molar-refractivity contribution in [3.05, 3.63) is 77.9 Å². The molecule has 0 spiro atoms. The van der Waals surface area contributed by atoms with Crippen molar-refractivity contribution in [2.45, 2.75) is 22.9 Å². The van der Waals surface area contributed by atoms with E-state index in [1.807, 2.05) is 0 Å². The molecule has 3 aromatic carbocycles. The van der Waals surface area contributed by atoms with E-state index in [-0.39, 0.29) is 21.5 Å². The Kier molecular flexibility index (Phi) is 6.52. The summed E-state index contributed by atoms with van der Waals surface area (Å²) in [4.78, 5) is -1.17. The van der Waals surface area contributed by atoms with E-state index in [0.717, 1.165) is 36.4 Å².